The maximum absolute atomic E-state index is 12.8. The molecule has 0 spiro atoms. The van der Waals surface area contributed by atoms with E-state index >= 15 is 0 Å². The van der Waals surface area contributed by atoms with Crippen LogP contribution in [0, 0.1) is 21.7 Å². The van der Waals surface area contributed by atoms with E-state index in [9.17, 15) is 23.7 Å². The predicted octanol–water partition coefficient (Wildman–Crippen LogP) is 2.25. The second-order valence-electron chi connectivity index (χ2n) is 2.32. The minimum absolute atomic E-state index is 0.465. The summed E-state index contributed by atoms with van der Waals surface area (Å²) >= 11 is 4.94. The molecule has 74 valence electrons. The summed E-state index contributed by atoms with van der Waals surface area (Å²) in [4.78, 5) is 19.4. The topological polar surface area (TPSA) is 60.2 Å². The Morgan fingerprint density at radius 2 is 1.79 bits per heavy atom. The van der Waals surface area contributed by atoms with Crippen molar-refractivity contribution in [1.82, 2.24) is 0 Å². The Balaban J connectivity index is 3.39. The number of nitro benzene ring substituents is 1. The number of halogens is 3. The molecule has 1 aromatic carbocycles. The molecule has 7 heteroatoms. The van der Waals surface area contributed by atoms with Gasteiger partial charge >= 0.3 is 5.69 Å². The van der Waals surface area contributed by atoms with E-state index in [1.165, 1.54) is 0 Å². The van der Waals surface area contributed by atoms with Crippen LogP contribution in [0.1, 0.15) is 10.4 Å². The molecule has 0 amide bonds. The zero-order valence-electron chi connectivity index (χ0n) is 6.46. The van der Waals surface area contributed by atoms with Gasteiger partial charge in [-0.3, -0.25) is 14.9 Å². The molecule has 4 nitrogen and oxygen atoms in total. The first-order valence-corrected chi connectivity index (χ1v) is 3.64. The molecule has 0 atom stereocenters. The number of benzene rings is 1. The summed E-state index contributed by atoms with van der Waals surface area (Å²) < 4.78 is 25.7. The van der Waals surface area contributed by atoms with Crippen LogP contribution in [0.3, 0.4) is 0 Å². The van der Waals surface area contributed by atoms with Gasteiger partial charge in [-0.05, 0) is 23.7 Å². The summed E-state index contributed by atoms with van der Waals surface area (Å²) in [5.41, 5.74) is -1.76. The van der Waals surface area contributed by atoms with Crippen LogP contribution in [0.15, 0.2) is 12.1 Å². The molecule has 1 aromatic rings. The van der Waals surface area contributed by atoms with Crippen LogP contribution in [0.2, 0.25) is 0 Å². The Morgan fingerprint density at radius 3 is 2.07 bits per heavy atom. The van der Waals surface area contributed by atoms with Gasteiger partial charge in [0.1, 0.15) is 0 Å². The number of hydrogen-bond acceptors (Lipinski definition) is 3. The first kappa shape index (κ1) is 10.5. The summed E-state index contributed by atoms with van der Waals surface area (Å²) in [5.74, 6) is -2.86. The average Bonchev–Trinajstić information content (AvgIpc) is 2.01. The number of carbonyl (C=O) groups is 1. The Hall–Kier alpha value is -1.56. The summed E-state index contributed by atoms with van der Waals surface area (Å²) in [6.45, 7) is 0. The molecule has 0 aliphatic rings. The molecule has 0 aliphatic carbocycles. The van der Waals surface area contributed by atoms with Crippen molar-refractivity contribution in [2.45, 2.75) is 0 Å². The Labute approximate surface area is 81.2 Å². The van der Waals surface area contributed by atoms with Crippen LogP contribution in [-0.4, -0.2) is 10.2 Å². The van der Waals surface area contributed by atoms with Crippen molar-refractivity contribution >= 4 is 22.5 Å². The maximum Gasteiger partial charge on any atom is 0.340 e. The van der Waals surface area contributed by atoms with Gasteiger partial charge in [0.25, 0.3) is 5.24 Å². The number of nitro groups is 1. The minimum Gasteiger partial charge on any atom is -0.276 e. The fourth-order valence-corrected chi connectivity index (χ4v) is 0.963. The number of rotatable bonds is 2. The van der Waals surface area contributed by atoms with Crippen molar-refractivity contribution in [2.24, 2.45) is 0 Å². The van der Waals surface area contributed by atoms with Crippen LogP contribution >= 0.6 is 11.6 Å². The molecule has 0 saturated carbocycles. The van der Waals surface area contributed by atoms with Gasteiger partial charge in [-0.2, -0.15) is 8.78 Å². The van der Waals surface area contributed by atoms with Crippen LogP contribution in [0.4, 0.5) is 14.5 Å². The zero-order valence-corrected chi connectivity index (χ0v) is 7.22. The summed E-state index contributed by atoms with van der Waals surface area (Å²) in [6.07, 6.45) is 0. The molecule has 0 unspecified atom stereocenters. The van der Waals surface area contributed by atoms with Crippen LogP contribution < -0.4 is 0 Å². The lowest BCUT2D eigenvalue weighted by Gasteiger charge is -1.97. The lowest BCUT2D eigenvalue weighted by Crippen LogP contribution is -2.00. The van der Waals surface area contributed by atoms with Crippen molar-refractivity contribution < 1.29 is 18.5 Å². The van der Waals surface area contributed by atoms with Gasteiger partial charge in [-0.15, -0.1) is 0 Å². The SMILES string of the molecule is O=C(Cl)c1cc(F)c([N+](=O)[O-])c(F)c1. The molecule has 0 saturated heterocycles. The van der Waals surface area contributed by atoms with E-state index in [-0.39, 0.29) is 0 Å². The van der Waals surface area contributed by atoms with Crippen molar-refractivity contribution in [2.75, 3.05) is 0 Å². The minimum atomic E-state index is -1.43. The number of carbonyl (C=O) groups excluding carboxylic acids is 1. The van der Waals surface area contributed by atoms with Gasteiger partial charge in [-0.1, -0.05) is 0 Å². The van der Waals surface area contributed by atoms with Gasteiger partial charge in [0.05, 0.1) is 4.92 Å². The van der Waals surface area contributed by atoms with Gasteiger partial charge < -0.3 is 0 Å². The van der Waals surface area contributed by atoms with Crippen molar-refractivity contribution in [3.8, 4) is 0 Å². The Bertz CT molecular complexity index is 398. The molecule has 0 N–H and O–H groups in total. The standard InChI is InChI=1S/C7H2ClF2NO3/c8-7(12)3-1-4(9)6(11(13)14)5(10)2-3/h1-2H. The fraction of sp³-hybridized carbons (Fsp3) is 0. The van der Waals surface area contributed by atoms with E-state index < -0.39 is 33.1 Å². The normalized spacial score (nSPS) is 9.93. The monoisotopic (exact) mass is 221 g/mol. The molecule has 0 aliphatic heterocycles. The highest BCUT2D eigenvalue weighted by Crippen LogP contribution is 2.23. The fourth-order valence-electron chi connectivity index (χ4n) is 0.853. The third kappa shape index (κ3) is 1.85. The first-order chi connectivity index (χ1) is 6.43. The van der Waals surface area contributed by atoms with E-state index in [0.717, 1.165) is 0 Å². The number of nitrogens with zero attached hydrogens (tertiary/aromatic N) is 1. The van der Waals surface area contributed by atoms with Crippen molar-refractivity contribution in [3.05, 3.63) is 39.4 Å². The van der Waals surface area contributed by atoms with E-state index in [2.05, 4.69) is 0 Å². The molecule has 0 bridgehead atoms. The van der Waals surface area contributed by atoms with Crippen molar-refractivity contribution in [3.63, 3.8) is 0 Å². The van der Waals surface area contributed by atoms with Gasteiger partial charge in [0.2, 0.25) is 11.6 Å². The van der Waals surface area contributed by atoms with E-state index in [1.807, 2.05) is 0 Å². The molecular formula is C7H2ClF2NO3. The predicted molar refractivity (Wildman–Crippen MR) is 43.2 cm³/mol. The smallest absolute Gasteiger partial charge is 0.276 e. The molecule has 14 heavy (non-hydrogen) atoms. The zero-order chi connectivity index (χ0) is 10.9. The number of hydrogen-bond donors (Lipinski definition) is 0. The van der Waals surface area contributed by atoms with E-state index in [4.69, 9.17) is 11.6 Å². The molecule has 0 aromatic heterocycles. The maximum atomic E-state index is 12.8. The lowest BCUT2D eigenvalue weighted by molar-refractivity contribution is -0.390. The second kappa shape index (κ2) is 3.67. The first-order valence-electron chi connectivity index (χ1n) is 3.26. The summed E-state index contributed by atoms with van der Waals surface area (Å²) in [7, 11) is 0. The summed E-state index contributed by atoms with van der Waals surface area (Å²) in [6, 6.07) is 1.02. The quantitative estimate of drug-likeness (QED) is 0.437. The highest BCUT2D eigenvalue weighted by atomic mass is 35.5. The van der Waals surface area contributed by atoms with Crippen LogP contribution in [-0.2, 0) is 0 Å². The second-order valence-corrected chi connectivity index (χ2v) is 2.66. The molecule has 0 fully saturated rings. The van der Waals surface area contributed by atoms with E-state index in [0.29, 0.717) is 12.1 Å². The van der Waals surface area contributed by atoms with Crippen molar-refractivity contribution in [1.29, 1.82) is 0 Å². The van der Waals surface area contributed by atoms with Crippen LogP contribution in [0.25, 0.3) is 0 Å². The van der Waals surface area contributed by atoms with Crippen LogP contribution in [0.5, 0.6) is 0 Å². The highest BCUT2D eigenvalue weighted by Gasteiger charge is 2.23. The largest absolute Gasteiger partial charge is 0.340 e. The Kier molecular flexibility index (Phi) is 2.76. The average molecular weight is 222 g/mol. The van der Waals surface area contributed by atoms with Gasteiger partial charge in [-0.25, -0.2) is 0 Å². The third-order valence-electron chi connectivity index (χ3n) is 1.43. The molecule has 0 heterocycles. The Morgan fingerprint density at radius 1 is 1.36 bits per heavy atom. The summed E-state index contributed by atoms with van der Waals surface area (Å²) in [5, 5.41) is 9.05. The lowest BCUT2D eigenvalue weighted by atomic mass is 10.2. The highest BCUT2D eigenvalue weighted by molar-refractivity contribution is 6.67. The van der Waals surface area contributed by atoms with E-state index in [1.54, 1.807) is 0 Å². The van der Waals surface area contributed by atoms with Gasteiger partial charge in [0.15, 0.2) is 0 Å². The third-order valence-corrected chi connectivity index (χ3v) is 1.64. The van der Waals surface area contributed by atoms with Gasteiger partial charge in [0, 0.05) is 5.56 Å². The molecule has 0 radical (unpaired) electrons. The molecular weight excluding hydrogens is 220 g/mol. The molecule has 1 rings (SSSR count).